The van der Waals surface area contributed by atoms with Crippen molar-refractivity contribution in [1.82, 2.24) is 0 Å². The number of aryl methyl sites for hydroxylation is 1. The van der Waals surface area contributed by atoms with E-state index >= 15 is 0 Å². The molecule has 0 aliphatic heterocycles. The van der Waals surface area contributed by atoms with E-state index in [2.05, 4.69) is 5.32 Å². The zero-order chi connectivity index (χ0) is 19.1. The summed E-state index contributed by atoms with van der Waals surface area (Å²) in [6.07, 6.45) is -0.976. The van der Waals surface area contributed by atoms with Gasteiger partial charge in [0.2, 0.25) is 0 Å². The number of anilines is 1. The Morgan fingerprint density at radius 3 is 2.38 bits per heavy atom. The van der Waals surface area contributed by atoms with Gasteiger partial charge in [-0.15, -0.1) is 0 Å². The Kier molecular flexibility index (Phi) is 6.49. The Morgan fingerprint density at radius 1 is 1.08 bits per heavy atom. The largest absolute Gasteiger partial charge is 0.482 e. The molecule has 1 N–H and O–H groups in total. The number of carbonyl (C=O) groups excluding carboxylic acids is 3. The number of esters is 1. The predicted octanol–water partition coefficient (Wildman–Crippen LogP) is 3.15. The third-order valence-corrected chi connectivity index (χ3v) is 3.58. The van der Waals surface area contributed by atoms with Crippen LogP contribution in [0, 0.1) is 6.92 Å². The van der Waals surface area contributed by atoms with E-state index in [-0.39, 0.29) is 12.4 Å². The number of nitrogens with one attached hydrogen (secondary N) is 1. The number of rotatable bonds is 7. The quantitative estimate of drug-likeness (QED) is 0.609. The highest BCUT2D eigenvalue weighted by molar-refractivity contribution is 5.97. The van der Waals surface area contributed by atoms with Crippen LogP contribution in [0.1, 0.15) is 29.8 Å². The number of carbonyl (C=O) groups is 3. The fourth-order valence-corrected chi connectivity index (χ4v) is 2.16. The van der Waals surface area contributed by atoms with Gasteiger partial charge in [0.05, 0.1) is 0 Å². The molecule has 0 radical (unpaired) electrons. The first-order valence-corrected chi connectivity index (χ1v) is 8.16. The summed E-state index contributed by atoms with van der Waals surface area (Å²) in [5, 5.41) is 2.63. The number of hydrogen-bond donors (Lipinski definition) is 1. The van der Waals surface area contributed by atoms with Gasteiger partial charge in [0.25, 0.3) is 5.91 Å². The molecule has 6 heteroatoms. The summed E-state index contributed by atoms with van der Waals surface area (Å²) in [6, 6.07) is 13.7. The Hall–Kier alpha value is -3.15. The number of ketones is 1. The molecule has 2 aromatic rings. The lowest BCUT2D eigenvalue weighted by atomic mass is 10.1. The summed E-state index contributed by atoms with van der Waals surface area (Å²) in [4.78, 5) is 35.1. The molecule has 0 fully saturated rings. The van der Waals surface area contributed by atoms with Gasteiger partial charge in [-0.25, -0.2) is 4.79 Å². The Bertz CT molecular complexity index is 798. The molecule has 6 nitrogen and oxygen atoms in total. The summed E-state index contributed by atoms with van der Waals surface area (Å²) in [5.74, 6) is -0.603. The minimum Gasteiger partial charge on any atom is -0.482 e. The standard InChI is InChI=1S/C20H21NO5/c1-13-5-4-6-18(11-13)25-12-19(23)26-15(3)20(24)21-17-9-7-16(8-10-17)14(2)22/h4-11,15H,12H2,1-3H3,(H,21,24)/t15-/m1/s1. The minimum absolute atomic E-state index is 0.0567. The van der Waals surface area contributed by atoms with E-state index in [1.54, 1.807) is 36.4 Å². The van der Waals surface area contributed by atoms with E-state index in [1.165, 1.54) is 13.8 Å². The summed E-state index contributed by atoms with van der Waals surface area (Å²) < 4.78 is 10.4. The van der Waals surface area contributed by atoms with Crippen molar-refractivity contribution in [2.45, 2.75) is 26.9 Å². The maximum absolute atomic E-state index is 12.1. The maximum Gasteiger partial charge on any atom is 0.344 e. The van der Waals surface area contributed by atoms with Crippen LogP contribution in [0.4, 0.5) is 5.69 Å². The van der Waals surface area contributed by atoms with Crippen molar-refractivity contribution in [2.24, 2.45) is 0 Å². The van der Waals surface area contributed by atoms with Crippen LogP contribution < -0.4 is 10.1 Å². The topological polar surface area (TPSA) is 81.7 Å². The maximum atomic E-state index is 12.1. The zero-order valence-electron chi connectivity index (χ0n) is 14.9. The molecular formula is C20H21NO5. The molecule has 0 spiro atoms. The van der Waals surface area contributed by atoms with Gasteiger partial charge in [-0.3, -0.25) is 9.59 Å². The van der Waals surface area contributed by atoms with E-state index in [1.807, 2.05) is 19.1 Å². The van der Waals surface area contributed by atoms with Crippen molar-refractivity contribution in [3.8, 4) is 5.75 Å². The van der Waals surface area contributed by atoms with E-state index in [9.17, 15) is 14.4 Å². The second-order valence-corrected chi connectivity index (χ2v) is 5.86. The van der Waals surface area contributed by atoms with Gasteiger partial charge in [-0.1, -0.05) is 12.1 Å². The lowest BCUT2D eigenvalue weighted by Gasteiger charge is -2.14. The summed E-state index contributed by atoms with van der Waals surface area (Å²) >= 11 is 0. The molecule has 1 atom stereocenters. The van der Waals surface area contributed by atoms with Crippen LogP contribution >= 0.6 is 0 Å². The van der Waals surface area contributed by atoms with Crippen molar-refractivity contribution < 1.29 is 23.9 Å². The van der Waals surface area contributed by atoms with Gasteiger partial charge in [-0.2, -0.15) is 0 Å². The number of Topliss-reactive ketones (excluding diaryl/α,β-unsaturated/α-hetero) is 1. The van der Waals surface area contributed by atoms with E-state index in [4.69, 9.17) is 9.47 Å². The van der Waals surface area contributed by atoms with Gasteiger partial charge in [0.1, 0.15) is 5.75 Å². The average molecular weight is 355 g/mol. The highest BCUT2D eigenvalue weighted by atomic mass is 16.6. The van der Waals surface area contributed by atoms with Crippen LogP contribution in [0.5, 0.6) is 5.75 Å². The van der Waals surface area contributed by atoms with Crippen LogP contribution in [0.15, 0.2) is 48.5 Å². The molecule has 0 aromatic heterocycles. The van der Waals surface area contributed by atoms with Gasteiger partial charge in [0.15, 0.2) is 18.5 Å². The first kappa shape index (κ1) is 19.2. The first-order chi connectivity index (χ1) is 12.3. The smallest absolute Gasteiger partial charge is 0.344 e. The van der Waals surface area contributed by atoms with Gasteiger partial charge < -0.3 is 14.8 Å². The zero-order valence-corrected chi connectivity index (χ0v) is 14.9. The van der Waals surface area contributed by atoms with Crippen molar-refractivity contribution in [3.63, 3.8) is 0 Å². The lowest BCUT2D eigenvalue weighted by molar-refractivity contribution is -0.155. The van der Waals surface area contributed by atoms with Gasteiger partial charge in [-0.05, 0) is 62.7 Å². The van der Waals surface area contributed by atoms with Crippen LogP contribution in [0.3, 0.4) is 0 Å². The molecule has 0 unspecified atom stereocenters. The molecule has 2 rings (SSSR count). The fourth-order valence-electron chi connectivity index (χ4n) is 2.16. The third-order valence-electron chi connectivity index (χ3n) is 3.58. The monoisotopic (exact) mass is 355 g/mol. The second kappa shape index (κ2) is 8.80. The van der Waals surface area contributed by atoms with E-state index in [0.717, 1.165) is 5.56 Å². The minimum atomic E-state index is -0.976. The predicted molar refractivity (Wildman–Crippen MR) is 97.3 cm³/mol. The van der Waals surface area contributed by atoms with Crippen molar-refractivity contribution in [2.75, 3.05) is 11.9 Å². The molecule has 0 heterocycles. The van der Waals surface area contributed by atoms with Crippen molar-refractivity contribution in [3.05, 3.63) is 59.7 Å². The Balaban J connectivity index is 1.82. The number of amides is 1. The fraction of sp³-hybridized carbons (Fsp3) is 0.250. The molecule has 2 aromatic carbocycles. The molecule has 0 aliphatic carbocycles. The first-order valence-electron chi connectivity index (χ1n) is 8.16. The Labute approximate surface area is 152 Å². The van der Waals surface area contributed by atoms with Crippen LogP contribution in [0.2, 0.25) is 0 Å². The van der Waals surface area contributed by atoms with Gasteiger partial charge in [0, 0.05) is 11.3 Å². The van der Waals surface area contributed by atoms with E-state index < -0.39 is 18.0 Å². The molecule has 0 saturated carbocycles. The highest BCUT2D eigenvalue weighted by Crippen LogP contribution is 2.13. The number of benzene rings is 2. The molecule has 26 heavy (non-hydrogen) atoms. The molecular weight excluding hydrogens is 334 g/mol. The molecule has 0 aliphatic rings. The second-order valence-electron chi connectivity index (χ2n) is 5.86. The van der Waals surface area contributed by atoms with Crippen LogP contribution in [0.25, 0.3) is 0 Å². The summed E-state index contributed by atoms with van der Waals surface area (Å²) in [5.41, 5.74) is 2.08. The lowest BCUT2D eigenvalue weighted by Crippen LogP contribution is -2.31. The summed E-state index contributed by atoms with van der Waals surface area (Å²) in [7, 11) is 0. The SMILES string of the molecule is CC(=O)c1ccc(NC(=O)[C@@H](C)OC(=O)COc2cccc(C)c2)cc1. The number of ether oxygens (including phenoxy) is 2. The van der Waals surface area contributed by atoms with Crippen LogP contribution in [-0.4, -0.2) is 30.4 Å². The third kappa shape index (κ3) is 5.73. The Morgan fingerprint density at radius 2 is 1.77 bits per heavy atom. The molecule has 0 saturated heterocycles. The molecule has 136 valence electrons. The number of hydrogen-bond acceptors (Lipinski definition) is 5. The van der Waals surface area contributed by atoms with Crippen molar-refractivity contribution in [1.29, 1.82) is 0 Å². The van der Waals surface area contributed by atoms with E-state index in [0.29, 0.717) is 17.0 Å². The normalized spacial score (nSPS) is 11.3. The summed E-state index contributed by atoms with van der Waals surface area (Å²) in [6.45, 7) is 4.58. The van der Waals surface area contributed by atoms with Gasteiger partial charge >= 0.3 is 5.97 Å². The average Bonchev–Trinajstić information content (AvgIpc) is 2.60. The molecule has 1 amide bonds. The highest BCUT2D eigenvalue weighted by Gasteiger charge is 2.18. The van der Waals surface area contributed by atoms with Crippen molar-refractivity contribution >= 4 is 23.3 Å². The molecule has 0 bridgehead atoms. The van der Waals surface area contributed by atoms with Crippen LogP contribution in [-0.2, 0) is 14.3 Å².